The number of hydrogen-bond donors (Lipinski definition) is 1. The lowest BCUT2D eigenvalue weighted by molar-refractivity contribution is -0.123. The molecule has 0 aliphatic heterocycles. The minimum Gasteiger partial charge on any atom is -0.368 e. The molecule has 2 rings (SSSR count). The first kappa shape index (κ1) is 13.8. The van der Waals surface area contributed by atoms with Crippen LogP contribution in [0.4, 0.5) is 0 Å². The fraction of sp³-hybridized carbons (Fsp3) is 0.267. The maximum atomic E-state index is 11.7. The summed E-state index contributed by atoms with van der Waals surface area (Å²) in [5.41, 5.74) is 7.75. The normalized spacial score (nSPS) is 12.6. The number of nitrogens with zero attached hydrogens (tertiary/aromatic N) is 1. The SMILES string of the molecule is Cc1ccsc1CN(C)C(C(N)=O)c1ccccc1. The first-order chi connectivity index (χ1) is 9.09. The maximum absolute atomic E-state index is 11.7. The van der Waals surface area contributed by atoms with E-state index in [4.69, 9.17) is 5.73 Å². The zero-order valence-corrected chi connectivity index (χ0v) is 12.0. The lowest BCUT2D eigenvalue weighted by Crippen LogP contribution is -2.34. The molecule has 1 aromatic heterocycles. The Morgan fingerprint density at radius 1 is 1.32 bits per heavy atom. The molecule has 0 saturated heterocycles. The lowest BCUT2D eigenvalue weighted by Gasteiger charge is -2.25. The first-order valence-corrected chi connectivity index (χ1v) is 7.05. The molecule has 0 spiro atoms. The number of thiophene rings is 1. The Morgan fingerprint density at radius 3 is 2.53 bits per heavy atom. The highest BCUT2D eigenvalue weighted by Gasteiger charge is 2.23. The van der Waals surface area contributed by atoms with Crippen LogP contribution in [0.2, 0.25) is 0 Å². The highest BCUT2D eigenvalue weighted by Crippen LogP contribution is 2.24. The molecule has 0 saturated carbocycles. The van der Waals surface area contributed by atoms with Crippen molar-refractivity contribution in [3.8, 4) is 0 Å². The van der Waals surface area contributed by atoms with Gasteiger partial charge in [0, 0.05) is 11.4 Å². The van der Waals surface area contributed by atoms with E-state index < -0.39 is 0 Å². The van der Waals surface area contributed by atoms with Gasteiger partial charge in [-0.2, -0.15) is 0 Å². The average molecular weight is 274 g/mol. The van der Waals surface area contributed by atoms with E-state index in [9.17, 15) is 4.79 Å². The molecular weight excluding hydrogens is 256 g/mol. The lowest BCUT2D eigenvalue weighted by atomic mass is 10.1. The van der Waals surface area contributed by atoms with Crippen molar-refractivity contribution in [3.63, 3.8) is 0 Å². The van der Waals surface area contributed by atoms with Gasteiger partial charge in [-0.15, -0.1) is 11.3 Å². The molecule has 0 fully saturated rings. The van der Waals surface area contributed by atoms with Crippen molar-refractivity contribution in [2.24, 2.45) is 5.73 Å². The van der Waals surface area contributed by atoms with Crippen molar-refractivity contribution in [1.82, 2.24) is 4.90 Å². The summed E-state index contributed by atoms with van der Waals surface area (Å²) in [7, 11) is 1.93. The fourth-order valence-electron chi connectivity index (χ4n) is 2.16. The van der Waals surface area contributed by atoms with Crippen molar-refractivity contribution in [2.75, 3.05) is 7.05 Å². The number of carbonyl (C=O) groups is 1. The molecule has 0 radical (unpaired) electrons. The topological polar surface area (TPSA) is 46.3 Å². The number of benzene rings is 1. The van der Waals surface area contributed by atoms with E-state index in [1.165, 1.54) is 10.4 Å². The Hall–Kier alpha value is -1.65. The van der Waals surface area contributed by atoms with Gasteiger partial charge in [0.2, 0.25) is 5.91 Å². The minimum absolute atomic E-state index is 0.317. The number of primary amides is 1. The molecule has 1 unspecified atom stereocenters. The van der Waals surface area contributed by atoms with Crippen molar-refractivity contribution in [1.29, 1.82) is 0 Å². The van der Waals surface area contributed by atoms with Crippen LogP contribution in [0.25, 0.3) is 0 Å². The van der Waals surface area contributed by atoms with E-state index in [1.54, 1.807) is 11.3 Å². The third-order valence-electron chi connectivity index (χ3n) is 3.19. The van der Waals surface area contributed by atoms with Crippen LogP contribution in [0.5, 0.6) is 0 Å². The zero-order valence-electron chi connectivity index (χ0n) is 11.2. The summed E-state index contributed by atoms with van der Waals surface area (Å²) >= 11 is 1.71. The molecule has 19 heavy (non-hydrogen) atoms. The molecule has 1 amide bonds. The van der Waals surface area contributed by atoms with Crippen molar-refractivity contribution in [2.45, 2.75) is 19.5 Å². The number of rotatable bonds is 5. The summed E-state index contributed by atoms with van der Waals surface area (Å²) in [6.07, 6.45) is 0. The predicted octanol–water partition coefficient (Wildman–Crippen LogP) is 2.71. The quantitative estimate of drug-likeness (QED) is 0.911. The molecule has 4 heteroatoms. The largest absolute Gasteiger partial charge is 0.368 e. The van der Waals surface area contributed by atoms with Gasteiger partial charge in [-0.05, 0) is 36.5 Å². The molecule has 1 aromatic carbocycles. The van der Waals surface area contributed by atoms with Gasteiger partial charge in [-0.3, -0.25) is 9.69 Å². The van der Waals surface area contributed by atoms with Gasteiger partial charge >= 0.3 is 0 Å². The van der Waals surface area contributed by atoms with Gasteiger partial charge in [-0.25, -0.2) is 0 Å². The smallest absolute Gasteiger partial charge is 0.239 e. The van der Waals surface area contributed by atoms with Crippen LogP contribution in [0.1, 0.15) is 22.0 Å². The van der Waals surface area contributed by atoms with Crippen LogP contribution < -0.4 is 5.73 Å². The van der Waals surface area contributed by atoms with Gasteiger partial charge in [-0.1, -0.05) is 30.3 Å². The summed E-state index contributed by atoms with van der Waals surface area (Å²) in [5.74, 6) is -0.317. The summed E-state index contributed by atoms with van der Waals surface area (Å²) in [6, 6.07) is 11.4. The van der Waals surface area contributed by atoms with Gasteiger partial charge < -0.3 is 5.73 Å². The number of carbonyl (C=O) groups excluding carboxylic acids is 1. The fourth-order valence-corrected chi connectivity index (χ4v) is 3.12. The van der Waals surface area contributed by atoms with E-state index in [0.717, 1.165) is 12.1 Å². The van der Waals surface area contributed by atoms with Gasteiger partial charge in [0.05, 0.1) is 0 Å². The van der Waals surface area contributed by atoms with E-state index in [0.29, 0.717) is 0 Å². The van der Waals surface area contributed by atoms with Gasteiger partial charge in [0.15, 0.2) is 0 Å². The van der Waals surface area contributed by atoms with Crippen molar-refractivity contribution in [3.05, 3.63) is 57.8 Å². The van der Waals surface area contributed by atoms with Crippen LogP contribution in [0, 0.1) is 6.92 Å². The number of hydrogen-bond acceptors (Lipinski definition) is 3. The Kier molecular flexibility index (Phi) is 4.35. The van der Waals surface area contributed by atoms with E-state index in [1.807, 2.05) is 42.3 Å². The van der Waals surface area contributed by atoms with Crippen LogP contribution in [-0.2, 0) is 11.3 Å². The Bertz CT molecular complexity index is 550. The molecule has 2 N–H and O–H groups in total. The number of nitrogens with two attached hydrogens (primary N) is 1. The molecule has 1 heterocycles. The summed E-state index contributed by atoms with van der Waals surface area (Å²) < 4.78 is 0. The highest BCUT2D eigenvalue weighted by atomic mass is 32.1. The highest BCUT2D eigenvalue weighted by molar-refractivity contribution is 7.10. The van der Waals surface area contributed by atoms with Crippen LogP contribution in [-0.4, -0.2) is 17.9 Å². The second kappa shape index (κ2) is 5.99. The third-order valence-corrected chi connectivity index (χ3v) is 4.19. The summed E-state index contributed by atoms with van der Waals surface area (Å²) in [4.78, 5) is 15.0. The van der Waals surface area contributed by atoms with Gasteiger partial charge in [0.1, 0.15) is 6.04 Å². The monoisotopic (exact) mass is 274 g/mol. The van der Waals surface area contributed by atoms with E-state index in [-0.39, 0.29) is 11.9 Å². The average Bonchev–Trinajstić information content (AvgIpc) is 2.76. The van der Waals surface area contributed by atoms with Crippen molar-refractivity contribution >= 4 is 17.2 Å². The summed E-state index contributed by atoms with van der Waals surface area (Å²) in [5, 5.41) is 2.07. The Labute approximate surface area is 117 Å². The Morgan fingerprint density at radius 2 is 2.00 bits per heavy atom. The molecule has 100 valence electrons. The molecular formula is C15H18N2OS. The van der Waals surface area contributed by atoms with Crippen molar-refractivity contribution < 1.29 is 4.79 Å². The first-order valence-electron chi connectivity index (χ1n) is 6.17. The standard InChI is InChI=1S/C15H18N2OS/c1-11-8-9-19-13(11)10-17(2)14(15(16)18)12-6-4-3-5-7-12/h3-9,14H,10H2,1-2H3,(H2,16,18). The predicted molar refractivity (Wildman–Crippen MR) is 78.9 cm³/mol. The van der Waals surface area contributed by atoms with E-state index >= 15 is 0 Å². The van der Waals surface area contributed by atoms with E-state index in [2.05, 4.69) is 18.4 Å². The zero-order chi connectivity index (χ0) is 13.8. The second-order valence-electron chi connectivity index (χ2n) is 4.66. The maximum Gasteiger partial charge on any atom is 0.239 e. The third kappa shape index (κ3) is 3.22. The van der Waals surface area contributed by atoms with Crippen LogP contribution >= 0.6 is 11.3 Å². The molecule has 0 aliphatic carbocycles. The molecule has 2 aromatic rings. The molecule has 0 bridgehead atoms. The molecule has 0 aliphatic rings. The minimum atomic E-state index is -0.386. The summed E-state index contributed by atoms with van der Waals surface area (Å²) in [6.45, 7) is 2.81. The molecule has 1 atom stereocenters. The number of amides is 1. The Balaban J connectivity index is 2.21. The van der Waals surface area contributed by atoms with Crippen LogP contribution in [0.3, 0.4) is 0 Å². The van der Waals surface area contributed by atoms with Gasteiger partial charge in [0.25, 0.3) is 0 Å². The molecule has 3 nitrogen and oxygen atoms in total. The number of aryl methyl sites for hydroxylation is 1. The number of likely N-dealkylation sites (N-methyl/N-ethyl adjacent to an activating group) is 1. The van der Waals surface area contributed by atoms with Crippen LogP contribution in [0.15, 0.2) is 41.8 Å². The second-order valence-corrected chi connectivity index (χ2v) is 5.66.